The third-order valence-corrected chi connectivity index (χ3v) is 5.18. The second-order valence-electron chi connectivity index (χ2n) is 7.42. The minimum Gasteiger partial charge on any atom is -0.457 e. The Morgan fingerprint density at radius 2 is 1.12 bits per heavy atom. The summed E-state index contributed by atoms with van der Waals surface area (Å²) in [6.07, 6.45) is 0. The fourth-order valence-corrected chi connectivity index (χ4v) is 3.63. The number of anilines is 1. The first-order valence-corrected chi connectivity index (χ1v) is 10.3. The van der Waals surface area contributed by atoms with E-state index >= 15 is 0 Å². The highest BCUT2D eigenvalue weighted by molar-refractivity contribution is 6.34. The highest BCUT2D eigenvalue weighted by atomic mass is 16.6. The number of hydrogen-bond acceptors (Lipinski definition) is 6. The summed E-state index contributed by atoms with van der Waals surface area (Å²) < 4.78 is 11.5. The topological polar surface area (TPSA) is 99.0 Å². The van der Waals surface area contributed by atoms with Crippen molar-refractivity contribution in [1.29, 1.82) is 0 Å². The molecule has 0 saturated carbocycles. The van der Waals surface area contributed by atoms with Gasteiger partial charge in [-0.1, -0.05) is 30.3 Å². The van der Waals surface area contributed by atoms with Gasteiger partial charge in [-0.3, -0.25) is 19.7 Å². The zero-order valence-electron chi connectivity index (χ0n) is 17.6. The van der Waals surface area contributed by atoms with Gasteiger partial charge < -0.3 is 9.47 Å². The number of rotatable bonds is 6. The lowest BCUT2D eigenvalue weighted by molar-refractivity contribution is -0.385. The number of para-hydroxylation sites is 1. The molecule has 4 aromatic rings. The molecule has 0 aromatic heterocycles. The molecule has 0 bridgehead atoms. The van der Waals surface area contributed by atoms with Crippen LogP contribution in [0.1, 0.15) is 20.7 Å². The Hall–Kier alpha value is -4.98. The van der Waals surface area contributed by atoms with E-state index in [-0.39, 0.29) is 17.2 Å². The van der Waals surface area contributed by atoms with Gasteiger partial charge in [-0.25, -0.2) is 4.90 Å². The highest BCUT2D eigenvalue weighted by Crippen LogP contribution is 2.34. The first kappa shape index (κ1) is 20.9. The minimum atomic E-state index is -0.532. The predicted octanol–water partition coefficient (Wildman–Crippen LogP) is 5.98. The number of fused-ring (bicyclic) bond motifs is 1. The Kier molecular flexibility index (Phi) is 5.23. The number of nitro groups is 1. The lowest BCUT2D eigenvalue weighted by Crippen LogP contribution is -2.29. The molecule has 0 N–H and O–H groups in total. The zero-order chi connectivity index (χ0) is 23.7. The SMILES string of the molecule is O=C1c2ccccc2C(=O)N1c1ccc(Oc2cc(Oc3ccccc3)cc([N+](=O)[O-])c2)cc1. The summed E-state index contributed by atoms with van der Waals surface area (Å²) in [5.41, 5.74) is 0.919. The first-order valence-electron chi connectivity index (χ1n) is 10.3. The number of hydrogen-bond donors (Lipinski definition) is 0. The second-order valence-corrected chi connectivity index (χ2v) is 7.42. The van der Waals surface area contributed by atoms with Crippen molar-refractivity contribution in [2.24, 2.45) is 0 Å². The monoisotopic (exact) mass is 452 g/mol. The van der Waals surface area contributed by atoms with Crippen LogP contribution in [-0.4, -0.2) is 16.7 Å². The fraction of sp³-hybridized carbons (Fsp3) is 0. The number of amides is 2. The van der Waals surface area contributed by atoms with Crippen LogP contribution in [0.4, 0.5) is 11.4 Å². The molecule has 2 amide bonds. The Balaban J connectivity index is 1.38. The standard InChI is InChI=1S/C26H16N2O6/c29-25-23-8-4-5-9-24(23)26(30)27(25)17-10-12-20(13-11-17)34-22-15-18(28(31)32)14-21(16-22)33-19-6-2-1-3-7-19/h1-16H. The molecule has 0 saturated heterocycles. The molecule has 0 atom stereocenters. The Bertz CT molecular complexity index is 1380. The number of ether oxygens (including phenoxy) is 2. The van der Waals surface area contributed by atoms with Gasteiger partial charge in [0.25, 0.3) is 17.5 Å². The molecule has 1 heterocycles. The number of non-ortho nitro benzene ring substituents is 1. The molecular formula is C26H16N2O6. The van der Waals surface area contributed by atoms with Gasteiger partial charge in [0.1, 0.15) is 23.0 Å². The van der Waals surface area contributed by atoms with Crippen molar-refractivity contribution in [1.82, 2.24) is 0 Å². The third kappa shape index (κ3) is 3.95. The van der Waals surface area contributed by atoms with Crippen molar-refractivity contribution in [3.05, 3.63) is 118 Å². The van der Waals surface area contributed by atoms with Crippen LogP contribution in [-0.2, 0) is 0 Å². The quantitative estimate of drug-likeness (QED) is 0.203. The average molecular weight is 452 g/mol. The summed E-state index contributed by atoms with van der Waals surface area (Å²) >= 11 is 0. The molecule has 1 aliphatic heterocycles. The Morgan fingerprint density at radius 1 is 0.618 bits per heavy atom. The summed E-state index contributed by atoms with van der Waals surface area (Å²) in [5.74, 6) is 0.559. The maximum absolute atomic E-state index is 12.7. The predicted molar refractivity (Wildman–Crippen MR) is 124 cm³/mol. The third-order valence-electron chi connectivity index (χ3n) is 5.18. The van der Waals surface area contributed by atoms with E-state index in [4.69, 9.17) is 9.47 Å². The van der Waals surface area contributed by atoms with Gasteiger partial charge in [-0.2, -0.15) is 0 Å². The normalized spacial score (nSPS) is 12.4. The smallest absolute Gasteiger partial charge is 0.276 e. The van der Waals surface area contributed by atoms with Crippen molar-refractivity contribution < 1.29 is 24.0 Å². The van der Waals surface area contributed by atoms with Gasteiger partial charge in [-0.05, 0) is 48.5 Å². The van der Waals surface area contributed by atoms with E-state index < -0.39 is 16.7 Å². The number of benzene rings is 4. The molecule has 0 aliphatic carbocycles. The fourth-order valence-electron chi connectivity index (χ4n) is 3.63. The Morgan fingerprint density at radius 3 is 1.65 bits per heavy atom. The minimum absolute atomic E-state index is 0.189. The van der Waals surface area contributed by atoms with E-state index in [1.165, 1.54) is 18.2 Å². The summed E-state index contributed by atoms with van der Waals surface area (Å²) in [6.45, 7) is 0. The van der Waals surface area contributed by atoms with Crippen molar-refractivity contribution in [3.8, 4) is 23.0 Å². The van der Waals surface area contributed by atoms with Gasteiger partial charge >= 0.3 is 0 Å². The maximum Gasteiger partial charge on any atom is 0.276 e. The van der Waals surface area contributed by atoms with Crippen LogP contribution >= 0.6 is 0 Å². The number of carbonyl (C=O) groups excluding carboxylic acids is 2. The molecule has 0 fully saturated rings. The molecule has 34 heavy (non-hydrogen) atoms. The molecule has 8 nitrogen and oxygen atoms in total. The van der Waals surface area contributed by atoms with Gasteiger partial charge in [0.05, 0.1) is 33.9 Å². The summed E-state index contributed by atoms with van der Waals surface area (Å²) in [6, 6.07) is 26.0. The van der Waals surface area contributed by atoms with Gasteiger partial charge in [-0.15, -0.1) is 0 Å². The lowest BCUT2D eigenvalue weighted by atomic mass is 10.1. The van der Waals surface area contributed by atoms with Gasteiger partial charge in [0.15, 0.2) is 0 Å². The number of nitro benzene ring substituents is 1. The van der Waals surface area contributed by atoms with E-state index in [1.54, 1.807) is 72.8 Å². The van der Waals surface area contributed by atoms with E-state index in [0.717, 1.165) is 4.90 Å². The number of carbonyl (C=O) groups is 2. The van der Waals surface area contributed by atoms with Crippen molar-refractivity contribution >= 4 is 23.2 Å². The number of imide groups is 1. The highest BCUT2D eigenvalue weighted by Gasteiger charge is 2.36. The van der Waals surface area contributed by atoms with Crippen LogP contribution < -0.4 is 14.4 Å². The van der Waals surface area contributed by atoms with Crippen molar-refractivity contribution in [2.75, 3.05) is 4.90 Å². The molecule has 8 heteroatoms. The van der Waals surface area contributed by atoms with Gasteiger partial charge in [0.2, 0.25) is 0 Å². The summed E-state index contributed by atoms with van der Waals surface area (Å²) in [5, 5.41) is 11.4. The van der Waals surface area contributed by atoms with Crippen LogP contribution in [0.2, 0.25) is 0 Å². The zero-order valence-corrected chi connectivity index (χ0v) is 17.6. The molecule has 166 valence electrons. The van der Waals surface area contributed by atoms with Crippen LogP contribution in [0, 0.1) is 10.1 Å². The maximum atomic E-state index is 12.7. The molecule has 5 rings (SSSR count). The van der Waals surface area contributed by atoms with Crippen LogP contribution in [0.15, 0.2) is 97.1 Å². The van der Waals surface area contributed by atoms with E-state index in [9.17, 15) is 19.7 Å². The van der Waals surface area contributed by atoms with E-state index in [0.29, 0.717) is 28.3 Å². The first-order chi connectivity index (χ1) is 16.5. The molecule has 0 unspecified atom stereocenters. The van der Waals surface area contributed by atoms with Crippen LogP contribution in [0.3, 0.4) is 0 Å². The molecule has 0 radical (unpaired) electrons. The van der Waals surface area contributed by atoms with E-state index in [2.05, 4.69) is 0 Å². The van der Waals surface area contributed by atoms with Crippen LogP contribution in [0.5, 0.6) is 23.0 Å². The average Bonchev–Trinajstić information content (AvgIpc) is 3.10. The molecule has 1 aliphatic rings. The largest absolute Gasteiger partial charge is 0.457 e. The Labute approximate surface area is 193 Å². The second kappa shape index (κ2) is 8.51. The van der Waals surface area contributed by atoms with Gasteiger partial charge in [0, 0.05) is 6.07 Å². The molecule has 0 spiro atoms. The van der Waals surface area contributed by atoms with Crippen LogP contribution in [0.25, 0.3) is 0 Å². The summed E-state index contributed by atoms with van der Waals surface area (Å²) in [4.78, 5) is 37.3. The number of nitrogens with zero attached hydrogens (tertiary/aromatic N) is 2. The van der Waals surface area contributed by atoms with Crippen molar-refractivity contribution in [2.45, 2.75) is 0 Å². The lowest BCUT2D eigenvalue weighted by Gasteiger charge is -2.15. The summed E-state index contributed by atoms with van der Waals surface area (Å²) in [7, 11) is 0. The van der Waals surface area contributed by atoms with Crippen molar-refractivity contribution in [3.63, 3.8) is 0 Å². The molecular weight excluding hydrogens is 436 g/mol. The van der Waals surface area contributed by atoms with E-state index in [1.807, 2.05) is 6.07 Å². The molecule has 4 aromatic carbocycles.